The first-order valence-corrected chi connectivity index (χ1v) is 17.6. The van der Waals surface area contributed by atoms with E-state index in [9.17, 15) is 9.59 Å². The van der Waals surface area contributed by atoms with E-state index in [-0.39, 0.29) is 17.9 Å². The van der Waals surface area contributed by atoms with Crippen LogP contribution >= 0.6 is 24.0 Å². The smallest absolute Gasteiger partial charge is 0.414 e. The van der Waals surface area contributed by atoms with Gasteiger partial charge in [-0.3, -0.25) is 20.4 Å². The fourth-order valence-corrected chi connectivity index (χ4v) is 9.29. The quantitative estimate of drug-likeness (QED) is 0.0846. The molecule has 1 aromatic carbocycles. The van der Waals surface area contributed by atoms with Crippen LogP contribution < -0.4 is 20.1 Å². The van der Waals surface area contributed by atoms with Crippen molar-refractivity contribution in [2.24, 2.45) is 23.7 Å². The first kappa shape index (κ1) is 33.4. The number of nitrogens with zero attached hydrogens (tertiary/aromatic N) is 1. The Balaban J connectivity index is 1.21. The third kappa shape index (κ3) is 7.48. The molecule has 0 spiro atoms. The summed E-state index contributed by atoms with van der Waals surface area (Å²) in [6.07, 6.45) is 8.59. The maximum absolute atomic E-state index is 14.0. The van der Waals surface area contributed by atoms with Crippen molar-refractivity contribution in [2.45, 2.75) is 77.4 Å². The number of rotatable bonds is 9. The Morgan fingerprint density at radius 3 is 2.30 bits per heavy atom. The standard InChI is InChI=1S/C35H44N4O6S2/c1-35(2,3)45-33(41)38-32(36)37-8-6-7-21-16-27(22-14-25(42-4)17-26(15-22)43-5)44-28(21)18-29-31(40)39(34(46)47-29)30-23-10-19-9-20(12-23)13-24(30)11-19/h14-20,23-24,30H,6-13H2,1-5H3,(H3,36,37,38,41)/b29-18-. The van der Waals surface area contributed by atoms with E-state index in [0.29, 0.717) is 63.5 Å². The molecule has 7 rings (SSSR count). The maximum Gasteiger partial charge on any atom is 0.414 e. The zero-order chi connectivity index (χ0) is 33.5. The van der Waals surface area contributed by atoms with E-state index in [1.807, 2.05) is 29.2 Å². The first-order chi connectivity index (χ1) is 22.4. The van der Waals surface area contributed by atoms with E-state index in [0.717, 1.165) is 23.0 Å². The number of thioether (sulfide) groups is 1. The Labute approximate surface area is 285 Å². The lowest BCUT2D eigenvalue weighted by Crippen LogP contribution is -2.57. The second-order valence-electron chi connectivity index (χ2n) is 14.1. The van der Waals surface area contributed by atoms with Crippen LogP contribution in [0.25, 0.3) is 17.4 Å². The summed E-state index contributed by atoms with van der Waals surface area (Å²) in [5.41, 5.74) is 1.04. The summed E-state index contributed by atoms with van der Waals surface area (Å²) in [4.78, 5) is 28.5. The molecule has 2 heterocycles. The van der Waals surface area contributed by atoms with Crippen molar-refractivity contribution in [1.82, 2.24) is 15.5 Å². The molecule has 5 fully saturated rings. The van der Waals surface area contributed by atoms with Gasteiger partial charge in [-0.25, -0.2) is 4.79 Å². The molecule has 0 radical (unpaired) electrons. The maximum atomic E-state index is 14.0. The van der Waals surface area contributed by atoms with Gasteiger partial charge in [0.25, 0.3) is 5.91 Å². The van der Waals surface area contributed by atoms with Crippen LogP contribution in [0.15, 0.2) is 33.6 Å². The summed E-state index contributed by atoms with van der Waals surface area (Å²) in [6, 6.07) is 7.74. The van der Waals surface area contributed by atoms with Crippen LogP contribution in [0.5, 0.6) is 11.5 Å². The third-order valence-electron chi connectivity index (χ3n) is 9.59. The summed E-state index contributed by atoms with van der Waals surface area (Å²) in [7, 11) is 3.21. The molecule has 4 aliphatic carbocycles. The van der Waals surface area contributed by atoms with Crippen LogP contribution in [0.2, 0.25) is 0 Å². The average molecular weight is 681 g/mol. The molecule has 47 heavy (non-hydrogen) atoms. The Morgan fingerprint density at radius 2 is 1.70 bits per heavy atom. The number of alkyl carbamates (subject to hydrolysis) is 1. The third-order valence-corrected chi connectivity index (χ3v) is 10.9. The second-order valence-corrected chi connectivity index (χ2v) is 15.8. The number of aryl methyl sites for hydroxylation is 1. The molecule has 12 heteroatoms. The minimum Gasteiger partial charge on any atom is -0.497 e. The van der Waals surface area contributed by atoms with Gasteiger partial charge in [-0.05, 0) is 113 Å². The number of nitrogens with one attached hydrogen (secondary N) is 3. The zero-order valence-corrected chi connectivity index (χ0v) is 29.3. The van der Waals surface area contributed by atoms with E-state index < -0.39 is 11.7 Å². The molecule has 1 aromatic heterocycles. The van der Waals surface area contributed by atoms with Crippen molar-refractivity contribution in [1.29, 1.82) is 5.41 Å². The lowest BCUT2D eigenvalue weighted by Gasteiger charge is -2.56. The van der Waals surface area contributed by atoms with Gasteiger partial charge >= 0.3 is 6.09 Å². The molecule has 5 aliphatic rings. The van der Waals surface area contributed by atoms with Crippen molar-refractivity contribution < 1.29 is 28.2 Å². The van der Waals surface area contributed by atoms with Gasteiger partial charge in [-0.2, -0.15) is 0 Å². The Kier molecular flexibility index (Phi) is 9.62. The molecule has 10 nitrogen and oxygen atoms in total. The number of methoxy groups -OCH3 is 2. The fourth-order valence-electron chi connectivity index (χ4n) is 7.97. The number of hydrogen-bond acceptors (Lipinski definition) is 9. The van der Waals surface area contributed by atoms with Crippen molar-refractivity contribution in [3.63, 3.8) is 0 Å². The zero-order valence-electron chi connectivity index (χ0n) is 27.6. The van der Waals surface area contributed by atoms with Gasteiger partial charge in [0.05, 0.1) is 19.1 Å². The minimum atomic E-state index is -0.684. The van der Waals surface area contributed by atoms with E-state index in [2.05, 4.69) is 10.6 Å². The normalized spacial score (nSPS) is 25.8. The van der Waals surface area contributed by atoms with E-state index in [4.69, 9.17) is 36.3 Å². The van der Waals surface area contributed by atoms with Crippen LogP contribution in [-0.2, 0) is 16.0 Å². The Morgan fingerprint density at radius 1 is 1.06 bits per heavy atom. The van der Waals surface area contributed by atoms with Crippen molar-refractivity contribution >= 4 is 52.3 Å². The van der Waals surface area contributed by atoms with Crippen molar-refractivity contribution in [3.8, 4) is 22.8 Å². The van der Waals surface area contributed by atoms with E-state index in [1.165, 1.54) is 43.9 Å². The molecule has 4 saturated carbocycles. The summed E-state index contributed by atoms with van der Waals surface area (Å²) in [6.45, 7) is 5.73. The number of hydrogen-bond donors (Lipinski definition) is 3. The first-order valence-electron chi connectivity index (χ1n) is 16.4. The van der Waals surface area contributed by atoms with Crippen LogP contribution in [-0.4, -0.2) is 59.6 Å². The van der Waals surface area contributed by atoms with Crippen LogP contribution in [0.1, 0.15) is 70.6 Å². The van der Waals surface area contributed by atoms with Gasteiger partial charge in [0.15, 0.2) is 5.96 Å². The molecule has 252 valence electrons. The van der Waals surface area contributed by atoms with Crippen molar-refractivity contribution in [2.75, 3.05) is 20.8 Å². The molecule has 4 bridgehead atoms. The summed E-state index contributed by atoms with van der Waals surface area (Å²) in [5, 5.41) is 13.4. The fraction of sp³-hybridized carbons (Fsp3) is 0.543. The average Bonchev–Trinajstić information content (AvgIpc) is 3.53. The van der Waals surface area contributed by atoms with Gasteiger partial charge in [-0.15, -0.1) is 0 Å². The number of thiocarbonyl (C=S) groups is 1. The highest BCUT2D eigenvalue weighted by Crippen LogP contribution is 2.56. The molecule has 1 saturated heterocycles. The number of ether oxygens (including phenoxy) is 3. The second kappa shape index (κ2) is 13.5. The summed E-state index contributed by atoms with van der Waals surface area (Å²) >= 11 is 7.22. The monoisotopic (exact) mass is 680 g/mol. The highest BCUT2D eigenvalue weighted by atomic mass is 32.2. The number of furan rings is 1. The molecule has 0 unspecified atom stereocenters. The molecule has 2 amide bonds. The lowest BCUT2D eigenvalue weighted by atomic mass is 9.54. The number of amides is 2. The number of guanidine groups is 1. The van der Waals surface area contributed by atoms with E-state index in [1.54, 1.807) is 41.1 Å². The number of carbonyl (C=O) groups is 2. The summed E-state index contributed by atoms with van der Waals surface area (Å²) < 4.78 is 23.3. The summed E-state index contributed by atoms with van der Waals surface area (Å²) in [5.74, 6) is 5.03. The van der Waals surface area contributed by atoms with Crippen molar-refractivity contribution in [3.05, 3.63) is 40.5 Å². The molecule has 3 N–H and O–H groups in total. The lowest BCUT2D eigenvalue weighted by molar-refractivity contribution is -0.130. The SMILES string of the molecule is COc1cc(OC)cc(-c2cc(CCCNC(=N)NC(=O)OC(C)(C)C)c(/C=C3\SC(=S)N(C4C5CC6CC(C5)CC4C6)C3=O)o2)c1. The molecule has 0 atom stereocenters. The minimum absolute atomic E-state index is 0.0206. The number of carbonyl (C=O) groups excluding carboxylic acids is 2. The van der Waals surface area contributed by atoms with E-state index >= 15 is 0 Å². The predicted molar refractivity (Wildman–Crippen MR) is 187 cm³/mol. The Hall–Kier alpha value is -3.51. The predicted octanol–water partition coefficient (Wildman–Crippen LogP) is 6.97. The highest BCUT2D eigenvalue weighted by Gasteiger charge is 2.53. The largest absolute Gasteiger partial charge is 0.497 e. The van der Waals surface area contributed by atoms with Crippen LogP contribution in [0.4, 0.5) is 4.79 Å². The molecule has 2 aromatic rings. The molecular weight excluding hydrogens is 637 g/mol. The highest BCUT2D eigenvalue weighted by molar-refractivity contribution is 8.26. The van der Waals surface area contributed by atoms with Gasteiger partial charge in [-0.1, -0.05) is 24.0 Å². The van der Waals surface area contributed by atoms with Crippen LogP contribution in [0.3, 0.4) is 0 Å². The van der Waals surface area contributed by atoms with Gasteiger partial charge in [0.1, 0.15) is 32.9 Å². The molecular formula is C35H44N4O6S2. The van der Waals surface area contributed by atoms with Crippen LogP contribution in [0, 0.1) is 29.1 Å². The van der Waals surface area contributed by atoms with Gasteiger partial charge in [0.2, 0.25) is 0 Å². The topological polar surface area (TPSA) is 126 Å². The van der Waals surface area contributed by atoms with Gasteiger partial charge < -0.3 is 23.9 Å². The number of benzene rings is 1. The molecule has 1 aliphatic heterocycles. The Bertz CT molecular complexity index is 1540. The van der Waals surface area contributed by atoms with Gasteiger partial charge in [0, 0.05) is 30.3 Å².